The fourth-order valence-electron chi connectivity index (χ4n) is 4.20. The molecular weight excluding hydrogens is 507 g/mol. The van der Waals surface area contributed by atoms with Gasteiger partial charge in [-0.15, -0.1) is 5.10 Å². The first-order valence-electron chi connectivity index (χ1n) is 11.7. The van der Waals surface area contributed by atoms with Crippen molar-refractivity contribution in [1.82, 2.24) is 14.8 Å². The Bertz CT molecular complexity index is 1550. The van der Waals surface area contributed by atoms with Crippen LogP contribution in [0.5, 0.6) is 0 Å². The van der Waals surface area contributed by atoms with Gasteiger partial charge in [0.15, 0.2) is 0 Å². The Labute approximate surface area is 221 Å². The molecule has 1 amide bonds. The van der Waals surface area contributed by atoms with Gasteiger partial charge in [0.25, 0.3) is 11.6 Å². The summed E-state index contributed by atoms with van der Waals surface area (Å²) in [6, 6.07) is 19.1. The van der Waals surface area contributed by atoms with E-state index in [2.05, 4.69) is 20.7 Å². The summed E-state index contributed by atoms with van der Waals surface area (Å²) in [6.45, 7) is 3.71. The maximum absolute atomic E-state index is 13.8. The molecule has 1 aromatic heterocycles. The van der Waals surface area contributed by atoms with Crippen LogP contribution in [0.15, 0.2) is 89.2 Å². The van der Waals surface area contributed by atoms with Gasteiger partial charge in [0, 0.05) is 29.3 Å². The maximum Gasteiger partial charge on any atom is 0.269 e. The minimum Gasteiger partial charge on any atom is -0.328 e. The first-order chi connectivity index (χ1) is 18.3. The van der Waals surface area contributed by atoms with E-state index in [1.807, 2.05) is 31.2 Å². The van der Waals surface area contributed by atoms with Gasteiger partial charge in [0.2, 0.25) is 11.1 Å². The summed E-state index contributed by atoms with van der Waals surface area (Å²) in [4.78, 5) is 28.7. The Morgan fingerprint density at radius 2 is 1.82 bits per heavy atom. The molecule has 4 aromatic rings. The number of halogens is 1. The SMILES string of the molecule is CC1=C(C(=O)Nc2ccccc2C)C(c2ccc(F)cc2)n2nc(SCc3ccc([N+](=O)[O-])cc3)nc2N1. The fraction of sp³-hybridized carbons (Fsp3) is 0.148. The Kier molecular flexibility index (Phi) is 6.93. The molecule has 0 saturated heterocycles. The summed E-state index contributed by atoms with van der Waals surface area (Å²) < 4.78 is 15.4. The zero-order valence-electron chi connectivity index (χ0n) is 20.5. The minimum absolute atomic E-state index is 0.0266. The predicted molar refractivity (Wildman–Crippen MR) is 143 cm³/mol. The van der Waals surface area contributed by atoms with Crippen molar-refractivity contribution in [2.45, 2.75) is 30.8 Å². The molecule has 1 aliphatic heterocycles. The van der Waals surface area contributed by atoms with Crippen LogP contribution >= 0.6 is 11.8 Å². The van der Waals surface area contributed by atoms with Gasteiger partial charge in [-0.2, -0.15) is 4.98 Å². The molecule has 0 saturated carbocycles. The monoisotopic (exact) mass is 530 g/mol. The molecule has 1 unspecified atom stereocenters. The summed E-state index contributed by atoms with van der Waals surface area (Å²) in [5.74, 6) is 0.262. The van der Waals surface area contributed by atoms with E-state index in [1.165, 1.54) is 36.0 Å². The van der Waals surface area contributed by atoms with Crippen molar-refractivity contribution >= 4 is 35.0 Å². The van der Waals surface area contributed by atoms with Crippen molar-refractivity contribution in [1.29, 1.82) is 0 Å². The van der Waals surface area contributed by atoms with Crippen LogP contribution in [0.25, 0.3) is 0 Å². The quantitative estimate of drug-likeness (QED) is 0.175. The second-order valence-electron chi connectivity index (χ2n) is 8.76. The number of anilines is 2. The molecule has 1 aliphatic rings. The lowest BCUT2D eigenvalue weighted by Crippen LogP contribution is -2.31. The van der Waals surface area contributed by atoms with Crippen LogP contribution in [0.4, 0.5) is 21.7 Å². The Morgan fingerprint density at radius 1 is 1.11 bits per heavy atom. The lowest BCUT2D eigenvalue weighted by molar-refractivity contribution is -0.384. The minimum atomic E-state index is -0.642. The van der Waals surface area contributed by atoms with Crippen LogP contribution in [-0.2, 0) is 10.5 Å². The number of nitrogens with zero attached hydrogens (tertiary/aromatic N) is 4. The molecular formula is C27H23FN6O3S. The van der Waals surface area contributed by atoms with E-state index in [9.17, 15) is 19.3 Å². The molecule has 0 fully saturated rings. The first kappa shape index (κ1) is 25.2. The zero-order valence-corrected chi connectivity index (χ0v) is 21.3. The van der Waals surface area contributed by atoms with Gasteiger partial charge in [-0.25, -0.2) is 9.07 Å². The summed E-state index contributed by atoms with van der Waals surface area (Å²) in [5.41, 5.74) is 4.25. The number of hydrogen-bond donors (Lipinski definition) is 2. The highest BCUT2D eigenvalue weighted by molar-refractivity contribution is 7.98. The Balaban J connectivity index is 1.45. The molecule has 2 heterocycles. The highest BCUT2D eigenvalue weighted by atomic mass is 32.2. The number of carbonyl (C=O) groups excluding carboxylic acids is 1. The molecule has 0 radical (unpaired) electrons. The average Bonchev–Trinajstić information content (AvgIpc) is 3.31. The number of carbonyl (C=O) groups is 1. The third-order valence-corrected chi connectivity index (χ3v) is 7.08. The number of benzene rings is 3. The number of allylic oxidation sites excluding steroid dienone is 1. The first-order valence-corrected chi connectivity index (χ1v) is 12.7. The Morgan fingerprint density at radius 3 is 2.50 bits per heavy atom. The molecule has 38 heavy (non-hydrogen) atoms. The lowest BCUT2D eigenvalue weighted by atomic mass is 9.95. The molecule has 5 rings (SSSR count). The number of aromatic nitrogens is 3. The summed E-state index contributed by atoms with van der Waals surface area (Å²) in [7, 11) is 0. The molecule has 192 valence electrons. The zero-order chi connectivity index (χ0) is 26.8. The van der Waals surface area contributed by atoms with Crippen molar-refractivity contribution in [3.05, 3.63) is 117 Å². The van der Waals surface area contributed by atoms with Crippen molar-refractivity contribution in [3.8, 4) is 0 Å². The van der Waals surface area contributed by atoms with Gasteiger partial charge in [0.1, 0.15) is 11.9 Å². The van der Waals surface area contributed by atoms with Gasteiger partial charge in [-0.05, 0) is 48.7 Å². The van der Waals surface area contributed by atoms with Gasteiger partial charge in [-0.3, -0.25) is 14.9 Å². The number of non-ortho nitro benzene ring substituents is 1. The smallest absolute Gasteiger partial charge is 0.269 e. The number of thioether (sulfide) groups is 1. The number of aryl methyl sites for hydroxylation is 1. The van der Waals surface area contributed by atoms with Crippen molar-refractivity contribution in [3.63, 3.8) is 0 Å². The summed E-state index contributed by atoms with van der Waals surface area (Å²) in [5, 5.41) is 22.2. The van der Waals surface area contributed by atoms with Crippen molar-refractivity contribution < 1.29 is 14.1 Å². The van der Waals surface area contributed by atoms with Crippen LogP contribution in [0.2, 0.25) is 0 Å². The molecule has 0 bridgehead atoms. The second-order valence-corrected chi connectivity index (χ2v) is 9.70. The van der Waals surface area contributed by atoms with Crippen LogP contribution in [0, 0.1) is 22.9 Å². The predicted octanol–water partition coefficient (Wildman–Crippen LogP) is 5.85. The molecule has 1 atom stereocenters. The number of hydrogen-bond acceptors (Lipinski definition) is 7. The fourth-order valence-corrected chi connectivity index (χ4v) is 4.99. The van der Waals surface area contributed by atoms with Crippen molar-refractivity contribution in [2.75, 3.05) is 10.6 Å². The molecule has 0 spiro atoms. The number of nitro benzene ring substituents is 1. The molecule has 11 heteroatoms. The number of fused-ring (bicyclic) bond motifs is 1. The van der Waals surface area contributed by atoms with E-state index in [1.54, 1.807) is 35.9 Å². The van der Waals surface area contributed by atoms with Gasteiger partial charge in [0.05, 0.1) is 10.5 Å². The van der Waals surface area contributed by atoms with E-state index < -0.39 is 11.0 Å². The molecule has 2 N–H and O–H groups in total. The number of nitro groups is 1. The number of nitrogens with one attached hydrogen (secondary N) is 2. The standard InChI is InChI=1S/C27H23FN6O3S/c1-16-5-3-4-6-22(16)30-25(35)23-17(2)29-26-31-27(38-15-18-7-13-21(14-8-18)34(36)37)32-33(26)24(23)19-9-11-20(28)12-10-19/h3-14,24H,15H2,1-2H3,(H,30,35)(H,29,31,32). The van der Waals surface area contributed by atoms with E-state index >= 15 is 0 Å². The normalized spacial score (nSPS) is 14.6. The lowest BCUT2D eigenvalue weighted by Gasteiger charge is -2.28. The van der Waals surface area contributed by atoms with E-state index in [-0.39, 0.29) is 17.4 Å². The highest BCUT2D eigenvalue weighted by Crippen LogP contribution is 2.37. The van der Waals surface area contributed by atoms with Crippen LogP contribution < -0.4 is 10.6 Å². The Hall–Kier alpha value is -4.51. The van der Waals surface area contributed by atoms with Gasteiger partial charge >= 0.3 is 0 Å². The molecule has 3 aromatic carbocycles. The van der Waals surface area contributed by atoms with E-state index in [4.69, 9.17) is 0 Å². The largest absolute Gasteiger partial charge is 0.328 e. The topological polar surface area (TPSA) is 115 Å². The van der Waals surface area contributed by atoms with Gasteiger partial charge in [-0.1, -0.05) is 54.2 Å². The van der Waals surface area contributed by atoms with Crippen LogP contribution in [-0.4, -0.2) is 25.6 Å². The second kappa shape index (κ2) is 10.5. The van der Waals surface area contributed by atoms with E-state index in [0.717, 1.165) is 11.1 Å². The van der Waals surface area contributed by atoms with Crippen molar-refractivity contribution in [2.24, 2.45) is 0 Å². The number of amides is 1. The number of para-hydroxylation sites is 1. The van der Waals surface area contributed by atoms with Gasteiger partial charge < -0.3 is 10.6 Å². The molecule has 0 aliphatic carbocycles. The summed E-state index contributed by atoms with van der Waals surface area (Å²) >= 11 is 1.36. The van der Waals surface area contributed by atoms with E-state index in [0.29, 0.717) is 39.4 Å². The highest BCUT2D eigenvalue weighted by Gasteiger charge is 2.34. The molecule has 9 nitrogen and oxygen atoms in total. The maximum atomic E-state index is 13.8. The average molecular weight is 531 g/mol. The van der Waals surface area contributed by atoms with Crippen LogP contribution in [0.3, 0.4) is 0 Å². The number of rotatable bonds is 7. The summed E-state index contributed by atoms with van der Waals surface area (Å²) in [6.07, 6.45) is 0. The van der Waals surface area contributed by atoms with Crippen LogP contribution in [0.1, 0.15) is 29.7 Å². The third kappa shape index (κ3) is 5.14. The third-order valence-electron chi connectivity index (χ3n) is 6.17.